The van der Waals surface area contributed by atoms with E-state index >= 15 is 0 Å². The van der Waals surface area contributed by atoms with Crippen LogP contribution in [0, 0.1) is 5.92 Å². The van der Waals surface area contributed by atoms with Crippen LogP contribution in [-0.2, 0) is 20.8 Å². The molecule has 7 heteroatoms. The number of aryl methyl sites for hydroxylation is 1. The molecular formula is C28H35N3O4. The number of amides is 3. The molecule has 186 valence electrons. The summed E-state index contributed by atoms with van der Waals surface area (Å²) in [7, 11) is 1.63. The first-order chi connectivity index (χ1) is 17.0. The molecule has 2 aromatic carbocycles. The molecular weight excluding hydrogens is 442 g/mol. The molecule has 1 atom stereocenters. The fourth-order valence-corrected chi connectivity index (χ4v) is 4.64. The third-order valence-electron chi connectivity index (χ3n) is 6.82. The van der Waals surface area contributed by atoms with E-state index in [1.807, 2.05) is 64.4 Å². The Morgan fingerprint density at radius 3 is 2.43 bits per heavy atom. The molecule has 35 heavy (non-hydrogen) atoms. The second-order valence-electron chi connectivity index (χ2n) is 9.37. The maximum absolute atomic E-state index is 13.2. The Bertz CT molecular complexity index is 1000. The van der Waals surface area contributed by atoms with Crippen LogP contribution in [0.5, 0.6) is 5.75 Å². The molecule has 0 radical (unpaired) electrons. The first-order valence-corrected chi connectivity index (χ1v) is 12.6. The van der Waals surface area contributed by atoms with Gasteiger partial charge in [-0.25, -0.2) is 0 Å². The number of ether oxygens (including phenoxy) is 1. The average molecular weight is 478 g/mol. The van der Waals surface area contributed by atoms with Crippen molar-refractivity contribution in [2.75, 3.05) is 33.3 Å². The highest BCUT2D eigenvalue weighted by atomic mass is 16.5. The minimum absolute atomic E-state index is 0.0639. The summed E-state index contributed by atoms with van der Waals surface area (Å²) in [5.41, 5.74) is 2.06. The van der Waals surface area contributed by atoms with Gasteiger partial charge < -0.3 is 19.9 Å². The summed E-state index contributed by atoms with van der Waals surface area (Å²) in [6, 6.07) is 17.3. The van der Waals surface area contributed by atoms with Gasteiger partial charge >= 0.3 is 0 Å². The van der Waals surface area contributed by atoms with Crippen LogP contribution in [0.4, 0.5) is 0 Å². The van der Waals surface area contributed by atoms with Crippen molar-refractivity contribution in [2.45, 2.75) is 44.6 Å². The Morgan fingerprint density at radius 2 is 1.74 bits per heavy atom. The Labute approximate surface area is 207 Å². The predicted molar refractivity (Wildman–Crippen MR) is 134 cm³/mol. The van der Waals surface area contributed by atoms with Crippen LogP contribution >= 0.6 is 0 Å². The molecule has 1 N–H and O–H groups in total. The molecule has 2 aromatic rings. The number of hydrogen-bond donors (Lipinski definition) is 1. The third kappa shape index (κ3) is 6.84. The molecule has 1 saturated carbocycles. The number of carbonyl (C=O) groups excluding carboxylic acids is 3. The minimum Gasteiger partial charge on any atom is -0.497 e. The number of nitrogens with one attached hydrogen (secondary N) is 1. The molecule has 1 aliphatic carbocycles. The van der Waals surface area contributed by atoms with E-state index in [-0.39, 0.29) is 36.1 Å². The lowest BCUT2D eigenvalue weighted by Gasteiger charge is -2.32. The van der Waals surface area contributed by atoms with Crippen molar-refractivity contribution in [3.8, 4) is 5.75 Å². The van der Waals surface area contributed by atoms with Crippen molar-refractivity contribution in [3.63, 3.8) is 0 Å². The van der Waals surface area contributed by atoms with E-state index in [1.165, 1.54) is 0 Å². The molecule has 1 saturated heterocycles. The lowest BCUT2D eigenvalue weighted by atomic mass is 10.0. The normalized spacial score (nSPS) is 19.5. The molecule has 0 spiro atoms. The van der Waals surface area contributed by atoms with E-state index in [0.29, 0.717) is 45.4 Å². The maximum Gasteiger partial charge on any atom is 0.226 e. The van der Waals surface area contributed by atoms with Gasteiger partial charge in [-0.3, -0.25) is 14.4 Å². The van der Waals surface area contributed by atoms with Gasteiger partial charge in [-0.05, 0) is 48.9 Å². The fourth-order valence-electron chi connectivity index (χ4n) is 4.64. The van der Waals surface area contributed by atoms with Crippen molar-refractivity contribution >= 4 is 17.7 Å². The zero-order valence-electron chi connectivity index (χ0n) is 20.4. The summed E-state index contributed by atoms with van der Waals surface area (Å²) < 4.78 is 5.20. The van der Waals surface area contributed by atoms with Gasteiger partial charge in [-0.2, -0.15) is 0 Å². The predicted octanol–water partition coefficient (Wildman–Crippen LogP) is 3.35. The van der Waals surface area contributed by atoms with E-state index in [9.17, 15) is 14.4 Å². The molecule has 0 aromatic heterocycles. The van der Waals surface area contributed by atoms with Crippen LogP contribution in [0.1, 0.15) is 49.3 Å². The highest BCUT2D eigenvalue weighted by Crippen LogP contribution is 2.35. The summed E-state index contributed by atoms with van der Waals surface area (Å²) in [5, 5.41) is 2.97. The second kappa shape index (κ2) is 11.9. The van der Waals surface area contributed by atoms with Crippen molar-refractivity contribution in [2.24, 2.45) is 5.92 Å². The Morgan fingerprint density at radius 1 is 1.00 bits per heavy atom. The van der Waals surface area contributed by atoms with Gasteiger partial charge in [0.15, 0.2) is 0 Å². The van der Waals surface area contributed by atoms with Crippen molar-refractivity contribution in [1.82, 2.24) is 15.1 Å². The van der Waals surface area contributed by atoms with Crippen molar-refractivity contribution in [3.05, 3.63) is 65.7 Å². The molecule has 4 rings (SSSR count). The van der Waals surface area contributed by atoms with Crippen LogP contribution in [-0.4, -0.2) is 60.8 Å². The number of methoxy groups -OCH3 is 1. The molecule has 1 unspecified atom stereocenters. The van der Waals surface area contributed by atoms with Crippen LogP contribution in [0.3, 0.4) is 0 Å². The Kier molecular flexibility index (Phi) is 8.40. The second-order valence-corrected chi connectivity index (χ2v) is 9.37. The van der Waals surface area contributed by atoms with Gasteiger partial charge in [-0.15, -0.1) is 0 Å². The zero-order chi connectivity index (χ0) is 24.6. The maximum atomic E-state index is 13.2. The monoisotopic (exact) mass is 477 g/mol. The number of carbonyl (C=O) groups is 3. The van der Waals surface area contributed by atoms with Crippen LogP contribution in [0.25, 0.3) is 0 Å². The van der Waals surface area contributed by atoms with Gasteiger partial charge in [0.25, 0.3) is 0 Å². The quantitative estimate of drug-likeness (QED) is 0.692. The van der Waals surface area contributed by atoms with Gasteiger partial charge in [0.05, 0.1) is 19.6 Å². The molecule has 2 fully saturated rings. The highest BCUT2D eigenvalue weighted by molar-refractivity contribution is 5.83. The van der Waals surface area contributed by atoms with Crippen LogP contribution in [0.2, 0.25) is 0 Å². The lowest BCUT2D eigenvalue weighted by molar-refractivity contribution is -0.136. The van der Waals surface area contributed by atoms with Crippen molar-refractivity contribution in [1.29, 1.82) is 0 Å². The lowest BCUT2D eigenvalue weighted by Crippen LogP contribution is -2.39. The third-order valence-corrected chi connectivity index (χ3v) is 6.82. The van der Waals surface area contributed by atoms with Crippen LogP contribution in [0.15, 0.2) is 54.6 Å². The van der Waals surface area contributed by atoms with E-state index in [2.05, 4.69) is 5.32 Å². The molecule has 1 heterocycles. The topological polar surface area (TPSA) is 79.0 Å². The van der Waals surface area contributed by atoms with E-state index < -0.39 is 0 Å². The van der Waals surface area contributed by atoms with Crippen molar-refractivity contribution < 1.29 is 19.1 Å². The van der Waals surface area contributed by atoms with E-state index in [1.54, 1.807) is 7.11 Å². The summed E-state index contributed by atoms with van der Waals surface area (Å²) in [6.45, 7) is 1.97. The number of hydrogen-bond acceptors (Lipinski definition) is 4. The first kappa shape index (κ1) is 24.8. The Balaban J connectivity index is 1.44. The highest BCUT2D eigenvalue weighted by Gasteiger charge is 2.37. The van der Waals surface area contributed by atoms with Gasteiger partial charge in [0, 0.05) is 38.5 Å². The van der Waals surface area contributed by atoms with Gasteiger partial charge in [0.1, 0.15) is 5.75 Å². The molecule has 3 amide bonds. The van der Waals surface area contributed by atoms with E-state index in [4.69, 9.17) is 4.74 Å². The number of rotatable bonds is 6. The SMILES string of the molecule is COc1ccc(CCC(=O)N2CCCN(C(=O)C3CC3)C(c3ccccc3)CC(=O)NCC2)cc1. The summed E-state index contributed by atoms with van der Waals surface area (Å²) in [6.07, 6.45) is 3.79. The molecule has 7 nitrogen and oxygen atoms in total. The summed E-state index contributed by atoms with van der Waals surface area (Å²) in [4.78, 5) is 42.8. The van der Waals surface area contributed by atoms with Gasteiger partial charge in [-0.1, -0.05) is 42.5 Å². The number of benzene rings is 2. The smallest absolute Gasteiger partial charge is 0.226 e. The summed E-state index contributed by atoms with van der Waals surface area (Å²) in [5.74, 6) is 0.955. The van der Waals surface area contributed by atoms with E-state index in [0.717, 1.165) is 29.7 Å². The number of nitrogens with zero attached hydrogens (tertiary/aromatic N) is 2. The standard InChI is InChI=1S/C28H35N3O4/c1-35-24-13-8-21(9-14-24)10-15-27(33)30-17-5-18-31(28(34)23-11-12-23)25(20-26(32)29-16-19-30)22-6-3-2-4-7-22/h2-4,6-9,13-14,23,25H,5,10-12,15-20H2,1H3,(H,29,32). The minimum atomic E-state index is -0.290. The molecule has 1 aliphatic heterocycles. The van der Waals surface area contributed by atoms with Gasteiger partial charge in [0.2, 0.25) is 17.7 Å². The molecule has 0 bridgehead atoms. The average Bonchev–Trinajstić information content (AvgIpc) is 3.73. The Hall–Kier alpha value is -3.35. The first-order valence-electron chi connectivity index (χ1n) is 12.6. The summed E-state index contributed by atoms with van der Waals surface area (Å²) >= 11 is 0. The molecule has 2 aliphatic rings. The zero-order valence-corrected chi connectivity index (χ0v) is 20.4. The largest absolute Gasteiger partial charge is 0.497 e. The fraction of sp³-hybridized carbons (Fsp3) is 0.464. The van der Waals surface area contributed by atoms with Crippen LogP contribution < -0.4 is 10.1 Å².